The van der Waals surface area contributed by atoms with Crippen LogP contribution in [0.3, 0.4) is 0 Å². The molecule has 6 heteroatoms. The van der Waals surface area contributed by atoms with Crippen molar-refractivity contribution in [3.05, 3.63) is 0 Å². The molecule has 1 amide bonds. The van der Waals surface area contributed by atoms with Crippen molar-refractivity contribution in [2.45, 2.75) is 58.7 Å². The van der Waals surface area contributed by atoms with Crippen LogP contribution >= 0.6 is 0 Å². The predicted molar refractivity (Wildman–Crippen MR) is 74.3 cm³/mol. The molecule has 0 saturated heterocycles. The van der Waals surface area contributed by atoms with E-state index in [2.05, 4.69) is 17.6 Å². The third-order valence-corrected chi connectivity index (χ3v) is 3.70. The zero-order chi connectivity index (χ0) is 14.3. The minimum absolute atomic E-state index is 0.0368. The fourth-order valence-electron chi connectivity index (χ4n) is 1.88. The number of carbonyl (C=O) groups is 1. The van der Waals surface area contributed by atoms with E-state index in [-0.39, 0.29) is 29.8 Å². The molecule has 18 heavy (non-hydrogen) atoms. The lowest BCUT2D eigenvalue weighted by molar-refractivity contribution is -0.123. The molecule has 108 valence electrons. The van der Waals surface area contributed by atoms with Gasteiger partial charge in [-0.3, -0.25) is 4.79 Å². The van der Waals surface area contributed by atoms with E-state index in [1.165, 1.54) is 6.26 Å². The van der Waals surface area contributed by atoms with Gasteiger partial charge in [-0.25, -0.2) is 8.42 Å². The normalized spacial score (nSPS) is 16.9. The maximum absolute atomic E-state index is 11.8. The molecule has 0 saturated carbocycles. The summed E-state index contributed by atoms with van der Waals surface area (Å²) < 4.78 is 22.2. The van der Waals surface area contributed by atoms with Crippen molar-refractivity contribution < 1.29 is 13.2 Å². The topological polar surface area (TPSA) is 75.3 Å². The zero-order valence-corrected chi connectivity index (χ0v) is 12.8. The number of nitrogens with one attached hydrogen (secondary N) is 2. The van der Waals surface area contributed by atoms with Gasteiger partial charge in [0.15, 0.2) is 0 Å². The van der Waals surface area contributed by atoms with Crippen LogP contribution in [-0.4, -0.2) is 44.5 Å². The summed E-state index contributed by atoms with van der Waals surface area (Å²) in [5.74, 6) is -0.0499. The van der Waals surface area contributed by atoms with E-state index in [0.717, 1.165) is 12.8 Å². The second kappa shape index (κ2) is 7.74. The standard InChI is InChI=1S/C12H26N2O3S/c1-6-7-9(2)14-12(15)11(4)13-10(3)8-18(5,16)17/h9-11,13H,6-8H2,1-5H3,(H,14,15). The van der Waals surface area contributed by atoms with E-state index in [1.54, 1.807) is 13.8 Å². The summed E-state index contributed by atoms with van der Waals surface area (Å²) in [4.78, 5) is 11.8. The molecule has 0 fully saturated rings. The van der Waals surface area contributed by atoms with Crippen molar-refractivity contribution in [3.63, 3.8) is 0 Å². The Morgan fingerprint density at radius 1 is 1.17 bits per heavy atom. The van der Waals surface area contributed by atoms with Gasteiger partial charge in [-0.2, -0.15) is 0 Å². The van der Waals surface area contributed by atoms with Crippen molar-refractivity contribution in [1.82, 2.24) is 10.6 Å². The lowest BCUT2D eigenvalue weighted by Crippen LogP contribution is -2.49. The highest BCUT2D eigenvalue weighted by molar-refractivity contribution is 7.90. The molecule has 0 aromatic carbocycles. The van der Waals surface area contributed by atoms with Crippen LogP contribution < -0.4 is 10.6 Å². The SMILES string of the molecule is CCCC(C)NC(=O)C(C)NC(C)CS(C)(=O)=O. The lowest BCUT2D eigenvalue weighted by atomic mass is 10.2. The molecule has 0 aromatic heterocycles. The Hall–Kier alpha value is -0.620. The molecular formula is C12H26N2O3S. The highest BCUT2D eigenvalue weighted by Crippen LogP contribution is 1.97. The summed E-state index contributed by atoms with van der Waals surface area (Å²) in [7, 11) is -3.02. The Kier molecular flexibility index (Phi) is 7.47. The molecule has 0 aliphatic carbocycles. The van der Waals surface area contributed by atoms with E-state index in [0.29, 0.717) is 0 Å². The molecule has 0 radical (unpaired) electrons. The van der Waals surface area contributed by atoms with Gasteiger partial charge < -0.3 is 10.6 Å². The molecule has 0 aliphatic rings. The Morgan fingerprint density at radius 3 is 2.17 bits per heavy atom. The van der Waals surface area contributed by atoms with E-state index < -0.39 is 9.84 Å². The highest BCUT2D eigenvalue weighted by atomic mass is 32.2. The average molecular weight is 278 g/mol. The van der Waals surface area contributed by atoms with Crippen LogP contribution in [0.1, 0.15) is 40.5 Å². The van der Waals surface area contributed by atoms with E-state index in [4.69, 9.17) is 0 Å². The number of hydrogen-bond acceptors (Lipinski definition) is 4. The maximum atomic E-state index is 11.8. The minimum Gasteiger partial charge on any atom is -0.352 e. The first-order chi connectivity index (χ1) is 8.15. The Bertz CT molecular complexity index is 354. The molecule has 0 heterocycles. The summed E-state index contributed by atoms with van der Waals surface area (Å²) in [5, 5.41) is 5.89. The fraction of sp³-hybridized carbons (Fsp3) is 0.917. The summed E-state index contributed by atoms with van der Waals surface area (Å²) in [5.41, 5.74) is 0. The molecule has 3 atom stereocenters. The van der Waals surface area contributed by atoms with E-state index >= 15 is 0 Å². The fourth-order valence-corrected chi connectivity index (χ4v) is 2.88. The van der Waals surface area contributed by atoms with Gasteiger partial charge in [-0.1, -0.05) is 13.3 Å². The number of rotatable bonds is 8. The van der Waals surface area contributed by atoms with Crippen LogP contribution in [0.25, 0.3) is 0 Å². The largest absolute Gasteiger partial charge is 0.352 e. The van der Waals surface area contributed by atoms with Crippen molar-refractivity contribution in [2.24, 2.45) is 0 Å². The lowest BCUT2D eigenvalue weighted by Gasteiger charge is -2.21. The van der Waals surface area contributed by atoms with Crippen molar-refractivity contribution in [3.8, 4) is 0 Å². The van der Waals surface area contributed by atoms with Crippen molar-refractivity contribution in [2.75, 3.05) is 12.0 Å². The zero-order valence-electron chi connectivity index (χ0n) is 12.0. The third-order valence-electron chi connectivity index (χ3n) is 2.59. The van der Waals surface area contributed by atoms with Crippen LogP contribution in [0.5, 0.6) is 0 Å². The Morgan fingerprint density at radius 2 is 1.72 bits per heavy atom. The van der Waals surface area contributed by atoms with Crippen LogP contribution in [-0.2, 0) is 14.6 Å². The van der Waals surface area contributed by atoms with Gasteiger partial charge in [0, 0.05) is 18.3 Å². The van der Waals surface area contributed by atoms with Crippen molar-refractivity contribution in [1.29, 1.82) is 0 Å². The molecule has 3 unspecified atom stereocenters. The summed E-state index contributed by atoms with van der Waals surface area (Å²) in [6, 6.07) is -0.472. The van der Waals surface area contributed by atoms with Gasteiger partial charge in [-0.15, -0.1) is 0 Å². The van der Waals surface area contributed by atoms with Gasteiger partial charge in [0.2, 0.25) is 5.91 Å². The second-order valence-corrected chi connectivity index (χ2v) is 7.26. The third kappa shape index (κ3) is 8.47. The van der Waals surface area contributed by atoms with E-state index in [1.807, 2.05) is 6.92 Å². The van der Waals surface area contributed by atoms with Crippen LogP contribution in [0, 0.1) is 0 Å². The van der Waals surface area contributed by atoms with Gasteiger partial charge in [0.25, 0.3) is 0 Å². The molecule has 0 rings (SSSR count). The van der Waals surface area contributed by atoms with E-state index in [9.17, 15) is 13.2 Å². The molecule has 5 nitrogen and oxygen atoms in total. The minimum atomic E-state index is -3.02. The Labute approximate surface area is 111 Å². The number of amides is 1. The predicted octanol–water partition coefficient (Wildman–Crippen LogP) is 0.702. The quantitative estimate of drug-likeness (QED) is 0.685. The van der Waals surface area contributed by atoms with Crippen LogP contribution in [0.2, 0.25) is 0 Å². The van der Waals surface area contributed by atoms with Crippen LogP contribution in [0.4, 0.5) is 0 Å². The maximum Gasteiger partial charge on any atom is 0.237 e. The summed E-state index contributed by atoms with van der Waals surface area (Å²) in [6.07, 6.45) is 3.16. The van der Waals surface area contributed by atoms with Gasteiger partial charge in [0.05, 0.1) is 11.8 Å². The number of sulfone groups is 1. The first-order valence-corrected chi connectivity index (χ1v) is 8.46. The molecule has 0 spiro atoms. The molecule has 0 bridgehead atoms. The van der Waals surface area contributed by atoms with Crippen molar-refractivity contribution >= 4 is 15.7 Å². The van der Waals surface area contributed by atoms with Gasteiger partial charge in [0.1, 0.15) is 9.84 Å². The first-order valence-electron chi connectivity index (χ1n) is 6.39. The van der Waals surface area contributed by atoms with Gasteiger partial charge >= 0.3 is 0 Å². The monoisotopic (exact) mass is 278 g/mol. The first kappa shape index (κ1) is 17.4. The van der Waals surface area contributed by atoms with Crippen LogP contribution in [0.15, 0.2) is 0 Å². The molecule has 0 aliphatic heterocycles. The summed E-state index contributed by atoms with van der Waals surface area (Å²) in [6.45, 7) is 7.54. The second-order valence-electron chi connectivity index (χ2n) is 5.08. The molecular weight excluding hydrogens is 252 g/mol. The van der Waals surface area contributed by atoms with Gasteiger partial charge in [-0.05, 0) is 27.2 Å². The molecule has 0 aromatic rings. The summed E-state index contributed by atoms with van der Waals surface area (Å²) >= 11 is 0. The number of carbonyl (C=O) groups excluding carboxylic acids is 1. The highest BCUT2D eigenvalue weighted by Gasteiger charge is 2.18. The number of hydrogen-bond donors (Lipinski definition) is 2. The Balaban J connectivity index is 4.15. The smallest absolute Gasteiger partial charge is 0.237 e. The average Bonchev–Trinajstić information content (AvgIpc) is 2.14. The molecule has 2 N–H and O–H groups in total.